The molecule has 3 aromatic heterocycles. The second-order valence-corrected chi connectivity index (χ2v) is 7.08. The predicted octanol–water partition coefficient (Wildman–Crippen LogP) is 2.58. The van der Waals surface area contributed by atoms with E-state index in [1.807, 2.05) is 6.07 Å². The number of pyridine rings is 2. The van der Waals surface area contributed by atoms with Crippen molar-refractivity contribution in [1.82, 2.24) is 15.0 Å². The van der Waals surface area contributed by atoms with E-state index < -0.39 is 5.41 Å². The number of hydrogen-bond donors (Lipinski definition) is 3. The van der Waals surface area contributed by atoms with Crippen molar-refractivity contribution in [3.05, 3.63) is 42.4 Å². The summed E-state index contributed by atoms with van der Waals surface area (Å²) in [5.74, 6) is 0.769. The largest absolute Gasteiger partial charge is 0.436 e. The Morgan fingerprint density at radius 1 is 1.18 bits per heavy atom. The minimum absolute atomic E-state index is 0.346. The van der Waals surface area contributed by atoms with Gasteiger partial charge in [0.05, 0.1) is 16.7 Å². The molecule has 28 heavy (non-hydrogen) atoms. The Morgan fingerprint density at radius 2 is 2.00 bits per heavy atom. The zero-order chi connectivity index (χ0) is 19.5. The summed E-state index contributed by atoms with van der Waals surface area (Å²) in [6.07, 6.45) is 4.84. The van der Waals surface area contributed by atoms with Gasteiger partial charge in [-0.3, -0.25) is 9.78 Å². The first-order valence-electron chi connectivity index (χ1n) is 8.95. The van der Waals surface area contributed by atoms with E-state index in [0.717, 1.165) is 10.8 Å². The van der Waals surface area contributed by atoms with Gasteiger partial charge in [0.2, 0.25) is 11.8 Å². The lowest BCUT2D eigenvalue weighted by Crippen LogP contribution is -2.29. The second kappa shape index (κ2) is 5.66. The number of anilines is 2. The number of rotatable bonds is 4. The van der Waals surface area contributed by atoms with Crippen LogP contribution in [0.3, 0.4) is 0 Å². The van der Waals surface area contributed by atoms with Crippen LogP contribution in [0.4, 0.5) is 11.5 Å². The van der Waals surface area contributed by atoms with E-state index in [9.17, 15) is 4.79 Å². The van der Waals surface area contributed by atoms with E-state index in [1.54, 1.807) is 37.6 Å². The highest BCUT2D eigenvalue weighted by Gasteiger charge is 2.51. The van der Waals surface area contributed by atoms with Crippen LogP contribution in [0.15, 0.2) is 41.1 Å². The van der Waals surface area contributed by atoms with E-state index in [0.29, 0.717) is 52.6 Å². The van der Waals surface area contributed by atoms with Gasteiger partial charge in [0.15, 0.2) is 5.58 Å². The molecule has 5 N–H and O–H groups in total. The minimum Gasteiger partial charge on any atom is -0.436 e. The smallest absolute Gasteiger partial charge is 0.229 e. The maximum absolute atomic E-state index is 12.0. The fraction of sp³-hybridized carbons (Fsp3) is 0.200. The average Bonchev–Trinajstić information content (AvgIpc) is 3.41. The Labute approximate surface area is 160 Å². The number of hydrogen-bond acceptors (Lipinski definition) is 7. The van der Waals surface area contributed by atoms with Gasteiger partial charge >= 0.3 is 0 Å². The van der Waals surface area contributed by atoms with Crippen LogP contribution in [-0.2, 0) is 10.2 Å². The van der Waals surface area contributed by atoms with Gasteiger partial charge in [-0.25, -0.2) is 9.97 Å². The molecular weight excluding hydrogens is 356 g/mol. The predicted molar refractivity (Wildman–Crippen MR) is 107 cm³/mol. The Balaban J connectivity index is 1.76. The SMILES string of the molecule is CNc1ncc(-c2nc3cc(N)ccc3o2)c2cc(C3(C(N)=O)CC3)ncc12. The molecule has 1 aliphatic rings. The quantitative estimate of drug-likeness (QED) is 0.468. The number of primary amides is 1. The number of nitrogens with two attached hydrogens (primary N) is 2. The van der Waals surface area contributed by atoms with Crippen LogP contribution in [-0.4, -0.2) is 27.9 Å². The summed E-state index contributed by atoms with van der Waals surface area (Å²) in [6.45, 7) is 0. The first-order valence-corrected chi connectivity index (χ1v) is 8.95. The van der Waals surface area contributed by atoms with Crippen LogP contribution in [0.1, 0.15) is 18.5 Å². The number of benzene rings is 1. The molecule has 0 bridgehead atoms. The fourth-order valence-electron chi connectivity index (χ4n) is 3.58. The average molecular weight is 374 g/mol. The number of amides is 1. The van der Waals surface area contributed by atoms with E-state index >= 15 is 0 Å². The third kappa shape index (κ3) is 2.31. The lowest BCUT2D eigenvalue weighted by atomic mass is 9.98. The summed E-state index contributed by atoms with van der Waals surface area (Å²) in [4.78, 5) is 25.5. The summed E-state index contributed by atoms with van der Waals surface area (Å²) < 4.78 is 5.94. The molecule has 8 nitrogen and oxygen atoms in total. The standard InChI is InChI=1S/C20H18N6O2/c1-23-17-12-8-24-16(20(4-5-20)19(22)27)7-11(12)13(9-25-17)18-26-14-6-10(21)2-3-15(14)28-18/h2-3,6-9H,4-5,21H2,1H3,(H2,22,27)(H,23,25). The lowest BCUT2D eigenvalue weighted by Gasteiger charge is -2.13. The third-order valence-electron chi connectivity index (χ3n) is 5.36. The van der Waals surface area contributed by atoms with Crippen molar-refractivity contribution in [3.63, 3.8) is 0 Å². The molecular formula is C20H18N6O2. The van der Waals surface area contributed by atoms with Gasteiger partial charge < -0.3 is 21.2 Å². The molecule has 5 rings (SSSR count). The summed E-state index contributed by atoms with van der Waals surface area (Å²) in [7, 11) is 1.80. The summed E-state index contributed by atoms with van der Waals surface area (Å²) in [5, 5.41) is 4.72. The van der Waals surface area contributed by atoms with E-state index in [1.165, 1.54) is 0 Å². The molecule has 0 saturated heterocycles. The Hall–Kier alpha value is -3.68. The first-order chi connectivity index (χ1) is 13.5. The number of nitrogen functional groups attached to an aromatic ring is 1. The third-order valence-corrected chi connectivity index (χ3v) is 5.36. The van der Waals surface area contributed by atoms with Crippen molar-refractivity contribution in [2.75, 3.05) is 18.1 Å². The van der Waals surface area contributed by atoms with E-state index in [4.69, 9.17) is 15.9 Å². The Bertz CT molecular complexity index is 1260. The number of nitrogens with zero attached hydrogens (tertiary/aromatic N) is 3. The van der Waals surface area contributed by atoms with Gasteiger partial charge in [0, 0.05) is 35.9 Å². The Morgan fingerprint density at radius 3 is 2.71 bits per heavy atom. The van der Waals surface area contributed by atoms with Crippen LogP contribution in [0, 0.1) is 0 Å². The molecule has 0 atom stereocenters. The van der Waals surface area contributed by atoms with Crippen molar-refractivity contribution in [2.24, 2.45) is 5.73 Å². The maximum atomic E-state index is 12.0. The zero-order valence-electron chi connectivity index (χ0n) is 15.2. The summed E-state index contributed by atoms with van der Waals surface area (Å²) >= 11 is 0. The molecule has 0 radical (unpaired) electrons. The zero-order valence-corrected chi connectivity index (χ0v) is 15.2. The topological polar surface area (TPSA) is 133 Å². The van der Waals surface area contributed by atoms with Crippen molar-refractivity contribution in [2.45, 2.75) is 18.3 Å². The number of carbonyl (C=O) groups excluding carboxylic acids is 1. The highest BCUT2D eigenvalue weighted by molar-refractivity contribution is 6.01. The van der Waals surface area contributed by atoms with E-state index in [2.05, 4.69) is 20.3 Å². The number of oxazole rings is 1. The van der Waals surface area contributed by atoms with Crippen LogP contribution in [0.2, 0.25) is 0 Å². The van der Waals surface area contributed by atoms with Crippen LogP contribution >= 0.6 is 0 Å². The maximum Gasteiger partial charge on any atom is 0.229 e. The molecule has 1 aromatic carbocycles. The van der Waals surface area contributed by atoms with Crippen LogP contribution < -0.4 is 16.8 Å². The van der Waals surface area contributed by atoms with Gasteiger partial charge in [-0.15, -0.1) is 0 Å². The molecule has 3 heterocycles. The number of carbonyl (C=O) groups is 1. The highest BCUT2D eigenvalue weighted by Crippen LogP contribution is 2.48. The highest BCUT2D eigenvalue weighted by atomic mass is 16.3. The Kier molecular flexibility index (Phi) is 3.33. The van der Waals surface area contributed by atoms with E-state index in [-0.39, 0.29) is 5.91 Å². The van der Waals surface area contributed by atoms with Gasteiger partial charge in [0.1, 0.15) is 11.3 Å². The molecule has 4 aromatic rings. The van der Waals surface area contributed by atoms with Gasteiger partial charge in [0.25, 0.3) is 0 Å². The number of nitrogens with one attached hydrogen (secondary N) is 1. The van der Waals surface area contributed by atoms with Gasteiger partial charge in [-0.2, -0.15) is 0 Å². The summed E-state index contributed by atoms with van der Waals surface area (Å²) in [5.41, 5.74) is 14.1. The van der Waals surface area contributed by atoms with Gasteiger partial charge in [-0.1, -0.05) is 0 Å². The first kappa shape index (κ1) is 16.5. The molecule has 1 fully saturated rings. The van der Waals surface area contributed by atoms with Crippen LogP contribution in [0.5, 0.6) is 0 Å². The van der Waals surface area contributed by atoms with Gasteiger partial charge in [-0.05, 0) is 37.1 Å². The molecule has 1 saturated carbocycles. The molecule has 8 heteroatoms. The molecule has 0 spiro atoms. The van der Waals surface area contributed by atoms with Crippen molar-refractivity contribution in [3.8, 4) is 11.5 Å². The fourth-order valence-corrected chi connectivity index (χ4v) is 3.58. The van der Waals surface area contributed by atoms with Crippen molar-refractivity contribution >= 4 is 39.3 Å². The summed E-state index contributed by atoms with van der Waals surface area (Å²) in [6, 6.07) is 7.22. The lowest BCUT2D eigenvalue weighted by molar-refractivity contribution is -0.120. The molecule has 1 amide bonds. The second-order valence-electron chi connectivity index (χ2n) is 7.08. The normalized spacial score (nSPS) is 15.0. The molecule has 140 valence electrons. The molecule has 1 aliphatic carbocycles. The molecule has 0 aliphatic heterocycles. The number of fused-ring (bicyclic) bond motifs is 2. The van der Waals surface area contributed by atoms with Crippen molar-refractivity contribution < 1.29 is 9.21 Å². The number of aromatic nitrogens is 3. The monoisotopic (exact) mass is 374 g/mol. The minimum atomic E-state index is -0.676. The van der Waals surface area contributed by atoms with Crippen molar-refractivity contribution in [1.29, 1.82) is 0 Å². The molecule has 0 unspecified atom stereocenters. The van der Waals surface area contributed by atoms with Crippen LogP contribution in [0.25, 0.3) is 33.3 Å².